The topological polar surface area (TPSA) is 145 Å². The average molecular weight is 733 g/mol. The van der Waals surface area contributed by atoms with E-state index in [0.717, 1.165) is 45.1 Å². The maximum atomic E-state index is 10.9. The summed E-state index contributed by atoms with van der Waals surface area (Å²) < 4.78 is 0. The van der Waals surface area contributed by atoms with Crippen LogP contribution in [0.1, 0.15) is 61.1 Å². The van der Waals surface area contributed by atoms with Crippen molar-refractivity contribution in [2.24, 2.45) is 9.98 Å². The maximum Gasteiger partial charge on any atom is 0.0691 e. The van der Waals surface area contributed by atoms with Crippen molar-refractivity contribution >= 4 is 22.8 Å². The molecule has 4 aromatic carbocycles. The number of rotatable bonds is 4. The molecule has 260 valence electrons. The van der Waals surface area contributed by atoms with Gasteiger partial charge in [0.25, 0.3) is 0 Å². The van der Waals surface area contributed by atoms with Gasteiger partial charge in [0.15, 0.2) is 0 Å². The molecule has 0 bridgehead atoms. The number of hydrogen-bond acceptors (Lipinski definition) is 6. The van der Waals surface area contributed by atoms with Crippen LogP contribution in [0.3, 0.4) is 0 Å². The molecule has 0 heterocycles. The smallest absolute Gasteiger partial charge is 0.0691 e. The summed E-state index contributed by atoms with van der Waals surface area (Å²) in [6.07, 6.45) is 3.10. The first kappa shape index (κ1) is 48.3. The minimum absolute atomic E-state index is 0. The molecule has 48 heavy (non-hydrogen) atoms. The van der Waals surface area contributed by atoms with Gasteiger partial charge in [-0.1, -0.05) is 134 Å². The van der Waals surface area contributed by atoms with Crippen LogP contribution in [0.4, 0.5) is 11.4 Å². The van der Waals surface area contributed by atoms with E-state index >= 15 is 0 Å². The first-order chi connectivity index (χ1) is 21.8. The van der Waals surface area contributed by atoms with E-state index in [9.17, 15) is 10.2 Å². The summed E-state index contributed by atoms with van der Waals surface area (Å²) in [5.74, 6) is 0.0602. The van der Waals surface area contributed by atoms with E-state index in [-0.39, 0.29) is 38.1 Å². The number of nitrogens with zero attached hydrogens (tertiary/aromatic N) is 2. The van der Waals surface area contributed by atoms with Crippen LogP contribution in [0, 0.1) is 41.5 Å². The number of aryl methyl sites for hydroxylation is 6. The van der Waals surface area contributed by atoms with E-state index in [4.69, 9.17) is 10.5 Å². The Morgan fingerprint density at radius 2 is 0.708 bits per heavy atom. The monoisotopic (exact) mass is 734 g/mol. The molecule has 0 unspecified atom stereocenters. The number of benzene rings is 4. The number of allylic oxidation sites excluding steroid dienone is 4. The zero-order valence-electron chi connectivity index (χ0n) is 29.7. The van der Waals surface area contributed by atoms with Crippen LogP contribution in [0.2, 0.25) is 0 Å². The summed E-state index contributed by atoms with van der Waals surface area (Å²) in [7, 11) is 0. The summed E-state index contributed by atoms with van der Waals surface area (Å²) in [4.78, 5) is 8.88. The van der Waals surface area contributed by atoms with E-state index in [1.54, 1.807) is 12.2 Å². The minimum Gasteiger partial charge on any atom is -2.00 e. The Hall–Kier alpha value is -4.13. The Morgan fingerprint density at radius 1 is 0.458 bits per heavy atom. The predicted molar refractivity (Wildman–Crippen MR) is 188 cm³/mol. The van der Waals surface area contributed by atoms with Crippen LogP contribution in [0.25, 0.3) is 0 Å². The molecule has 0 amide bonds. The van der Waals surface area contributed by atoms with Gasteiger partial charge in [-0.25, -0.2) is 0 Å². The van der Waals surface area contributed by atoms with Crippen molar-refractivity contribution in [1.82, 2.24) is 0 Å². The summed E-state index contributed by atoms with van der Waals surface area (Å²) in [5.41, 5.74) is 10.6. The normalized spacial score (nSPS) is 10.8. The van der Waals surface area contributed by atoms with Crippen LogP contribution < -0.4 is 20.7 Å². The third-order valence-corrected chi connectivity index (χ3v) is 6.16. The summed E-state index contributed by atoms with van der Waals surface area (Å²) in [6, 6.07) is 32.6. The second kappa shape index (κ2) is 27.9. The Labute approximate surface area is 302 Å². The molecule has 8 heteroatoms. The van der Waals surface area contributed by atoms with Crippen LogP contribution >= 0.6 is 0 Å². The molecule has 0 atom stereocenters. The maximum absolute atomic E-state index is 10.9. The van der Waals surface area contributed by atoms with E-state index in [2.05, 4.69) is 48.1 Å². The second-order valence-corrected chi connectivity index (χ2v) is 10.8. The quantitative estimate of drug-likeness (QED) is 0.0746. The molecule has 0 aromatic heterocycles. The fourth-order valence-electron chi connectivity index (χ4n) is 4.04. The fourth-order valence-corrected chi connectivity index (χ4v) is 4.04. The molecule has 7 nitrogen and oxygen atoms in total. The van der Waals surface area contributed by atoms with Gasteiger partial charge in [-0.15, -0.1) is 11.5 Å². The SMILES string of the molecule is CC(/C=C(/C)[O-])=Nc1c(C)cccc1C.CC(/C=C(/C)[O-])=Nc1c(C)cccc1C.Cc1ccccc1.Cc1ccccc1.[Mo].[O-2].[O-][O-]. The predicted octanol–water partition coefficient (Wildman–Crippen LogP) is 6.81. The average Bonchev–Trinajstić information content (AvgIpc) is 2.99. The number of hydrogen-bond donors (Lipinski definition) is 0. The summed E-state index contributed by atoms with van der Waals surface area (Å²) >= 11 is 0. The van der Waals surface area contributed by atoms with Gasteiger partial charge in [0.1, 0.15) is 0 Å². The van der Waals surface area contributed by atoms with Crippen LogP contribution in [-0.2, 0) is 26.5 Å². The molecule has 0 aliphatic carbocycles. The van der Waals surface area contributed by atoms with Crippen molar-refractivity contribution in [3.63, 3.8) is 0 Å². The molecular weight excluding hydrogens is 684 g/mol. The molecule has 0 aliphatic rings. The molecular formula is C40H48MoN2O5-6. The van der Waals surface area contributed by atoms with Gasteiger partial charge in [0.2, 0.25) is 0 Å². The molecule has 0 radical (unpaired) electrons. The van der Waals surface area contributed by atoms with Crippen LogP contribution in [0.5, 0.6) is 0 Å². The van der Waals surface area contributed by atoms with Crippen molar-refractivity contribution in [3.8, 4) is 0 Å². The minimum atomic E-state index is 0. The van der Waals surface area contributed by atoms with Gasteiger partial charge in [-0.05, 0) is 77.6 Å². The Bertz CT molecular complexity index is 1400. The van der Waals surface area contributed by atoms with Gasteiger partial charge in [0, 0.05) is 32.5 Å². The second-order valence-electron chi connectivity index (χ2n) is 10.8. The zero-order valence-corrected chi connectivity index (χ0v) is 31.7. The van der Waals surface area contributed by atoms with E-state index in [0.29, 0.717) is 0 Å². The van der Waals surface area contributed by atoms with Gasteiger partial charge in [-0.3, -0.25) is 9.98 Å². The van der Waals surface area contributed by atoms with Gasteiger partial charge in [0.05, 0.1) is 11.4 Å². The largest absolute Gasteiger partial charge is 2.00 e. The third kappa shape index (κ3) is 22.4. The van der Waals surface area contributed by atoms with Crippen LogP contribution in [0.15, 0.2) is 131 Å². The van der Waals surface area contributed by atoms with E-state index in [1.807, 2.05) is 114 Å². The zero-order chi connectivity index (χ0) is 35.1. The number of para-hydroxylation sites is 2. The Morgan fingerprint density at radius 3 is 0.896 bits per heavy atom. The van der Waals surface area contributed by atoms with Gasteiger partial charge in [-0.2, -0.15) is 0 Å². The van der Waals surface area contributed by atoms with Crippen molar-refractivity contribution in [2.45, 2.75) is 69.2 Å². The Kier molecular flexibility index (Phi) is 28.1. The molecule has 0 N–H and O–H groups in total. The standard InChI is InChI=1S/2C13H17NO.2C7H8.Mo.O2.O/c2*1-9-6-5-7-10(2)13(9)14-11(3)8-12(4)15;2*1-7-5-3-2-4-6-7;;1-2;/h2*5-8,15H,1-4H3;2*2-6H,1H3;;;/q;;;;;2*-2/p-2/b2*12-8-,14-11?;;;;;. The summed E-state index contributed by atoms with van der Waals surface area (Å²) in [5, 5.41) is 35.8. The first-order valence-electron chi connectivity index (χ1n) is 14.9. The molecule has 0 aliphatic heterocycles. The molecule has 4 aromatic rings. The van der Waals surface area contributed by atoms with Crippen molar-refractivity contribution in [3.05, 3.63) is 154 Å². The van der Waals surface area contributed by atoms with E-state index in [1.165, 1.54) is 25.0 Å². The van der Waals surface area contributed by atoms with Gasteiger partial charge < -0.3 is 26.2 Å². The molecule has 0 saturated heterocycles. The first-order valence-corrected chi connectivity index (χ1v) is 14.9. The molecule has 0 fully saturated rings. The van der Waals surface area contributed by atoms with Gasteiger partial charge >= 0.3 is 0 Å². The molecule has 0 saturated carbocycles. The fraction of sp³-hybridized carbons (Fsp3) is 0.250. The Balaban J connectivity index is -0.000000573. The van der Waals surface area contributed by atoms with Crippen LogP contribution in [-0.4, -0.2) is 11.4 Å². The van der Waals surface area contributed by atoms with Crippen molar-refractivity contribution < 1.29 is 47.3 Å². The summed E-state index contributed by atoms with van der Waals surface area (Å²) in [6.45, 7) is 19.0. The van der Waals surface area contributed by atoms with E-state index < -0.39 is 0 Å². The number of aliphatic imine (C=N–C) groups is 2. The third-order valence-electron chi connectivity index (χ3n) is 6.16. The molecule has 0 spiro atoms. The van der Waals surface area contributed by atoms with Crippen molar-refractivity contribution in [1.29, 1.82) is 0 Å². The molecule has 4 rings (SSSR count). The van der Waals surface area contributed by atoms with Crippen molar-refractivity contribution in [2.75, 3.05) is 0 Å².